The van der Waals surface area contributed by atoms with Crippen molar-refractivity contribution >= 4 is 11.1 Å². The van der Waals surface area contributed by atoms with E-state index in [1.165, 1.54) is 18.4 Å². The smallest absolute Gasteiger partial charge is 0.209 e. The first-order valence-corrected chi connectivity index (χ1v) is 6.66. The number of rotatable bonds is 3. The first-order chi connectivity index (χ1) is 8.52. The molecule has 1 aromatic heterocycles. The third-order valence-electron chi connectivity index (χ3n) is 3.42. The minimum absolute atomic E-state index is 0.152. The Bertz CT molecular complexity index is 561. The molecule has 0 bridgehead atoms. The van der Waals surface area contributed by atoms with Gasteiger partial charge < -0.3 is 9.73 Å². The van der Waals surface area contributed by atoms with Crippen molar-refractivity contribution < 1.29 is 4.42 Å². The van der Waals surface area contributed by atoms with E-state index < -0.39 is 0 Å². The zero-order chi connectivity index (χ0) is 12.8. The highest BCUT2D eigenvalue weighted by molar-refractivity contribution is 5.73. The van der Waals surface area contributed by atoms with Gasteiger partial charge in [0.05, 0.1) is 6.54 Å². The van der Waals surface area contributed by atoms with Crippen molar-refractivity contribution in [2.45, 2.75) is 51.6 Å². The first kappa shape index (κ1) is 11.7. The molecule has 96 valence electrons. The molecule has 0 spiro atoms. The summed E-state index contributed by atoms with van der Waals surface area (Å²) >= 11 is 0. The SMILES string of the molecule is CC(C)(C)c1ccc2oc(CNC3CC3)nc2c1. The third kappa shape index (κ3) is 2.41. The molecule has 1 aromatic carbocycles. The highest BCUT2D eigenvalue weighted by Crippen LogP contribution is 2.26. The van der Waals surface area contributed by atoms with Crippen LogP contribution < -0.4 is 5.32 Å². The molecule has 1 fully saturated rings. The van der Waals surface area contributed by atoms with Gasteiger partial charge in [-0.1, -0.05) is 26.8 Å². The minimum Gasteiger partial charge on any atom is -0.439 e. The third-order valence-corrected chi connectivity index (χ3v) is 3.42. The summed E-state index contributed by atoms with van der Waals surface area (Å²) in [6, 6.07) is 6.99. The second-order valence-corrected chi connectivity index (χ2v) is 6.20. The predicted octanol–water partition coefficient (Wildman–Crippen LogP) is 3.38. The fraction of sp³-hybridized carbons (Fsp3) is 0.533. The molecule has 1 aliphatic rings. The maximum atomic E-state index is 5.74. The van der Waals surface area contributed by atoms with Crippen molar-refractivity contribution in [1.29, 1.82) is 0 Å². The minimum atomic E-state index is 0.152. The van der Waals surface area contributed by atoms with Crippen LogP contribution in [-0.2, 0) is 12.0 Å². The van der Waals surface area contributed by atoms with Crippen molar-refractivity contribution in [3.8, 4) is 0 Å². The fourth-order valence-electron chi connectivity index (χ4n) is 2.04. The van der Waals surface area contributed by atoms with Crippen LogP contribution in [0.25, 0.3) is 11.1 Å². The van der Waals surface area contributed by atoms with E-state index in [-0.39, 0.29) is 5.41 Å². The van der Waals surface area contributed by atoms with Gasteiger partial charge in [0, 0.05) is 6.04 Å². The summed E-state index contributed by atoms with van der Waals surface area (Å²) in [7, 11) is 0. The molecule has 0 radical (unpaired) electrons. The van der Waals surface area contributed by atoms with Gasteiger partial charge in [-0.25, -0.2) is 4.98 Å². The molecule has 3 rings (SSSR count). The van der Waals surface area contributed by atoms with Gasteiger partial charge in [-0.2, -0.15) is 0 Å². The molecule has 0 unspecified atom stereocenters. The van der Waals surface area contributed by atoms with Gasteiger partial charge in [-0.3, -0.25) is 0 Å². The van der Waals surface area contributed by atoms with Gasteiger partial charge in [0.2, 0.25) is 5.89 Å². The highest BCUT2D eigenvalue weighted by Gasteiger charge is 2.21. The average molecular weight is 244 g/mol. The molecule has 0 amide bonds. The number of nitrogens with one attached hydrogen (secondary N) is 1. The Morgan fingerprint density at radius 1 is 1.33 bits per heavy atom. The summed E-state index contributed by atoms with van der Waals surface area (Å²) in [5, 5.41) is 3.42. The topological polar surface area (TPSA) is 38.1 Å². The normalized spacial score (nSPS) is 16.4. The summed E-state index contributed by atoms with van der Waals surface area (Å²) in [6.45, 7) is 7.38. The van der Waals surface area contributed by atoms with Crippen LogP contribution in [0.4, 0.5) is 0 Å². The second-order valence-electron chi connectivity index (χ2n) is 6.20. The Morgan fingerprint density at radius 2 is 2.11 bits per heavy atom. The molecule has 1 aliphatic carbocycles. The van der Waals surface area contributed by atoms with E-state index in [0.717, 1.165) is 23.5 Å². The van der Waals surface area contributed by atoms with Gasteiger partial charge in [0.15, 0.2) is 5.58 Å². The molecular formula is C15H20N2O. The van der Waals surface area contributed by atoms with Gasteiger partial charge >= 0.3 is 0 Å². The number of hydrogen-bond acceptors (Lipinski definition) is 3. The van der Waals surface area contributed by atoms with Crippen LogP contribution in [0.3, 0.4) is 0 Å². The average Bonchev–Trinajstić information content (AvgIpc) is 3.03. The van der Waals surface area contributed by atoms with Crippen molar-refractivity contribution in [1.82, 2.24) is 10.3 Å². The largest absolute Gasteiger partial charge is 0.439 e. The molecule has 0 aliphatic heterocycles. The van der Waals surface area contributed by atoms with Crippen LogP contribution in [0.15, 0.2) is 22.6 Å². The highest BCUT2D eigenvalue weighted by atomic mass is 16.3. The number of nitrogens with zero attached hydrogens (tertiary/aromatic N) is 1. The van der Waals surface area contributed by atoms with Gasteiger partial charge in [-0.05, 0) is 36.0 Å². The Labute approximate surface area is 108 Å². The maximum absolute atomic E-state index is 5.74. The quantitative estimate of drug-likeness (QED) is 0.899. The van der Waals surface area contributed by atoms with E-state index in [0.29, 0.717) is 6.04 Å². The number of fused-ring (bicyclic) bond motifs is 1. The molecule has 1 N–H and O–H groups in total. The lowest BCUT2D eigenvalue weighted by atomic mass is 9.87. The summed E-state index contributed by atoms with van der Waals surface area (Å²) in [5.41, 5.74) is 3.30. The van der Waals surface area contributed by atoms with Crippen LogP contribution in [0.1, 0.15) is 45.1 Å². The number of aromatic nitrogens is 1. The monoisotopic (exact) mass is 244 g/mol. The van der Waals surface area contributed by atoms with E-state index >= 15 is 0 Å². The van der Waals surface area contributed by atoms with E-state index in [2.05, 4.69) is 43.2 Å². The van der Waals surface area contributed by atoms with Crippen molar-refractivity contribution in [2.75, 3.05) is 0 Å². The molecule has 1 heterocycles. The van der Waals surface area contributed by atoms with Crippen molar-refractivity contribution in [3.05, 3.63) is 29.7 Å². The second kappa shape index (κ2) is 4.09. The molecule has 3 nitrogen and oxygen atoms in total. The Morgan fingerprint density at radius 3 is 2.78 bits per heavy atom. The van der Waals surface area contributed by atoms with Crippen LogP contribution in [0.5, 0.6) is 0 Å². The van der Waals surface area contributed by atoms with E-state index in [1.54, 1.807) is 0 Å². The zero-order valence-corrected chi connectivity index (χ0v) is 11.3. The van der Waals surface area contributed by atoms with Crippen molar-refractivity contribution in [2.24, 2.45) is 0 Å². The Hall–Kier alpha value is -1.35. The molecule has 2 aromatic rings. The standard InChI is InChI=1S/C15H20N2O/c1-15(2,3)10-4-7-13-12(8-10)17-14(18-13)9-16-11-5-6-11/h4,7-8,11,16H,5-6,9H2,1-3H3. The summed E-state index contributed by atoms with van der Waals surface area (Å²) in [4.78, 5) is 4.56. The molecule has 18 heavy (non-hydrogen) atoms. The maximum Gasteiger partial charge on any atom is 0.209 e. The molecule has 0 saturated heterocycles. The van der Waals surface area contributed by atoms with Crippen LogP contribution in [-0.4, -0.2) is 11.0 Å². The summed E-state index contributed by atoms with van der Waals surface area (Å²) < 4.78 is 5.74. The predicted molar refractivity (Wildman–Crippen MR) is 72.6 cm³/mol. The number of hydrogen-bond donors (Lipinski definition) is 1. The lowest BCUT2D eigenvalue weighted by Crippen LogP contribution is -2.15. The summed E-state index contributed by atoms with van der Waals surface area (Å²) in [6.07, 6.45) is 2.57. The van der Waals surface area contributed by atoms with E-state index in [9.17, 15) is 0 Å². The molecule has 3 heteroatoms. The molecule has 0 atom stereocenters. The summed E-state index contributed by atoms with van der Waals surface area (Å²) in [5.74, 6) is 0.794. The van der Waals surface area contributed by atoms with Crippen LogP contribution in [0, 0.1) is 0 Å². The Balaban J connectivity index is 1.86. The first-order valence-electron chi connectivity index (χ1n) is 6.66. The van der Waals surface area contributed by atoms with Crippen molar-refractivity contribution in [3.63, 3.8) is 0 Å². The van der Waals surface area contributed by atoms with Gasteiger partial charge in [0.25, 0.3) is 0 Å². The van der Waals surface area contributed by atoms with Crippen LogP contribution >= 0.6 is 0 Å². The van der Waals surface area contributed by atoms with Crippen LogP contribution in [0.2, 0.25) is 0 Å². The molecule has 1 saturated carbocycles. The number of oxazole rings is 1. The van der Waals surface area contributed by atoms with Gasteiger partial charge in [-0.15, -0.1) is 0 Å². The van der Waals surface area contributed by atoms with Gasteiger partial charge in [0.1, 0.15) is 5.52 Å². The van der Waals surface area contributed by atoms with E-state index in [1.807, 2.05) is 6.07 Å². The van der Waals surface area contributed by atoms with E-state index in [4.69, 9.17) is 4.42 Å². The zero-order valence-electron chi connectivity index (χ0n) is 11.3. The lowest BCUT2D eigenvalue weighted by molar-refractivity contribution is 0.494. The Kier molecular flexibility index (Phi) is 2.67. The lowest BCUT2D eigenvalue weighted by Gasteiger charge is -2.18. The fourth-order valence-corrected chi connectivity index (χ4v) is 2.04. The molecular weight excluding hydrogens is 224 g/mol. The number of benzene rings is 1.